The Balaban J connectivity index is 1.87. The first kappa shape index (κ1) is 10.1. The summed E-state index contributed by atoms with van der Waals surface area (Å²) in [7, 11) is -4.29. The first-order valence-electron chi connectivity index (χ1n) is 5.62. The normalized spacial score (nSPS) is 48.5. The molecule has 0 saturated heterocycles. The molecule has 4 aliphatic carbocycles. The van der Waals surface area contributed by atoms with E-state index in [9.17, 15) is 8.42 Å². The Labute approximate surface area is 90.0 Å². The number of hydrogen-bond donors (Lipinski definition) is 1. The minimum absolute atomic E-state index is 0.553. The van der Waals surface area contributed by atoms with E-state index in [1.54, 1.807) is 0 Å². The molecular weight excluding hydrogens is 216 g/mol. The fourth-order valence-corrected chi connectivity index (χ4v) is 5.01. The molecule has 0 aromatic carbocycles. The van der Waals surface area contributed by atoms with Crippen LogP contribution in [0, 0.1) is 17.8 Å². The largest absolute Gasteiger partial charge is 0.397 e. The van der Waals surface area contributed by atoms with Crippen LogP contribution in [0.4, 0.5) is 0 Å². The highest BCUT2D eigenvalue weighted by Gasteiger charge is 2.53. The van der Waals surface area contributed by atoms with E-state index in [-0.39, 0.29) is 0 Å². The third-order valence-corrected chi connectivity index (χ3v) is 4.83. The highest BCUT2D eigenvalue weighted by atomic mass is 32.3. The van der Waals surface area contributed by atoms with Gasteiger partial charge in [-0.05, 0) is 56.3 Å². The van der Waals surface area contributed by atoms with Crippen LogP contribution in [-0.2, 0) is 14.6 Å². The van der Waals surface area contributed by atoms with Crippen LogP contribution in [0.15, 0.2) is 0 Å². The maximum Gasteiger partial charge on any atom is 0.397 e. The Morgan fingerprint density at radius 3 is 1.73 bits per heavy atom. The van der Waals surface area contributed by atoms with Crippen molar-refractivity contribution >= 4 is 10.4 Å². The van der Waals surface area contributed by atoms with Gasteiger partial charge in [0, 0.05) is 0 Å². The Bertz CT molecular complexity index is 338. The van der Waals surface area contributed by atoms with Gasteiger partial charge in [0.2, 0.25) is 0 Å². The summed E-state index contributed by atoms with van der Waals surface area (Å²) in [4.78, 5) is 0. The van der Waals surface area contributed by atoms with E-state index >= 15 is 0 Å². The second-order valence-corrected chi connectivity index (χ2v) is 6.63. The highest BCUT2D eigenvalue weighted by molar-refractivity contribution is 7.80. The lowest BCUT2D eigenvalue weighted by Crippen LogP contribution is -2.52. The van der Waals surface area contributed by atoms with Crippen LogP contribution in [0.25, 0.3) is 0 Å². The zero-order valence-electron chi connectivity index (χ0n) is 8.55. The molecule has 86 valence electrons. The maximum absolute atomic E-state index is 10.8. The minimum Gasteiger partial charge on any atom is -0.264 e. The molecule has 4 rings (SSSR count). The Morgan fingerprint density at radius 2 is 1.40 bits per heavy atom. The lowest BCUT2D eigenvalue weighted by Gasteiger charge is -2.55. The van der Waals surface area contributed by atoms with E-state index in [1.165, 1.54) is 19.3 Å². The number of hydrogen-bond acceptors (Lipinski definition) is 3. The highest BCUT2D eigenvalue weighted by Crippen LogP contribution is 2.57. The maximum atomic E-state index is 10.8. The molecule has 4 bridgehead atoms. The molecule has 0 amide bonds. The van der Waals surface area contributed by atoms with Gasteiger partial charge >= 0.3 is 10.4 Å². The summed E-state index contributed by atoms with van der Waals surface area (Å²) in [6.45, 7) is 0. The van der Waals surface area contributed by atoms with Gasteiger partial charge in [0.1, 0.15) is 0 Å². The fourth-order valence-electron chi connectivity index (χ4n) is 4.36. The van der Waals surface area contributed by atoms with E-state index in [1.807, 2.05) is 0 Å². The second kappa shape index (κ2) is 2.96. The molecule has 0 aromatic rings. The van der Waals surface area contributed by atoms with Gasteiger partial charge in [0.25, 0.3) is 0 Å². The summed E-state index contributed by atoms with van der Waals surface area (Å²) in [5.74, 6) is 1.87. The smallest absolute Gasteiger partial charge is 0.264 e. The fraction of sp³-hybridized carbons (Fsp3) is 1.00. The molecule has 0 spiro atoms. The predicted octanol–water partition coefficient (Wildman–Crippen LogP) is 1.77. The van der Waals surface area contributed by atoms with E-state index in [0.717, 1.165) is 19.3 Å². The first-order chi connectivity index (χ1) is 6.94. The van der Waals surface area contributed by atoms with Crippen molar-refractivity contribution in [3.05, 3.63) is 0 Å². The lowest BCUT2D eigenvalue weighted by molar-refractivity contribution is -0.108. The van der Waals surface area contributed by atoms with Crippen molar-refractivity contribution in [2.75, 3.05) is 0 Å². The van der Waals surface area contributed by atoms with Crippen molar-refractivity contribution in [2.24, 2.45) is 17.8 Å². The summed E-state index contributed by atoms with van der Waals surface area (Å²) < 4.78 is 35.5. The van der Waals surface area contributed by atoms with Gasteiger partial charge in [-0.25, -0.2) is 4.18 Å². The van der Waals surface area contributed by atoms with Gasteiger partial charge < -0.3 is 0 Å². The molecule has 0 aromatic heterocycles. The van der Waals surface area contributed by atoms with E-state index in [2.05, 4.69) is 0 Å². The molecule has 5 heteroatoms. The molecule has 0 unspecified atom stereocenters. The van der Waals surface area contributed by atoms with Crippen LogP contribution in [0.2, 0.25) is 0 Å². The average Bonchev–Trinajstić information content (AvgIpc) is 1.94. The molecule has 0 radical (unpaired) electrons. The molecule has 1 N–H and O–H groups in total. The number of rotatable bonds is 2. The van der Waals surface area contributed by atoms with Crippen LogP contribution < -0.4 is 0 Å². The van der Waals surface area contributed by atoms with Crippen LogP contribution in [-0.4, -0.2) is 18.6 Å². The molecule has 4 nitrogen and oxygen atoms in total. The summed E-state index contributed by atoms with van der Waals surface area (Å²) in [5, 5.41) is 0. The first-order valence-corrected chi connectivity index (χ1v) is 6.99. The Hall–Kier alpha value is -0.130. The van der Waals surface area contributed by atoms with Crippen molar-refractivity contribution in [3.8, 4) is 0 Å². The van der Waals surface area contributed by atoms with Gasteiger partial charge in [-0.3, -0.25) is 4.55 Å². The molecule has 4 aliphatic rings. The van der Waals surface area contributed by atoms with Gasteiger partial charge in [-0.15, -0.1) is 0 Å². The predicted molar refractivity (Wildman–Crippen MR) is 53.5 cm³/mol. The summed E-state index contributed by atoms with van der Waals surface area (Å²) in [5.41, 5.74) is -0.553. The van der Waals surface area contributed by atoms with Crippen LogP contribution >= 0.6 is 0 Å². The molecule has 0 atom stereocenters. The quantitative estimate of drug-likeness (QED) is 0.737. The molecular formula is C10H16O4S. The van der Waals surface area contributed by atoms with Crippen molar-refractivity contribution in [1.82, 2.24) is 0 Å². The molecule has 4 fully saturated rings. The SMILES string of the molecule is O=S(=O)(O)OC12CC3CC(CC(C3)C1)C2. The third kappa shape index (κ3) is 1.81. The van der Waals surface area contributed by atoms with Crippen LogP contribution in [0.1, 0.15) is 38.5 Å². The minimum atomic E-state index is -4.29. The molecule has 0 aliphatic heterocycles. The van der Waals surface area contributed by atoms with E-state index < -0.39 is 16.0 Å². The second-order valence-electron chi connectivity index (χ2n) is 5.61. The Morgan fingerprint density at radius 1 is 1.00 bits per heavy atom. The van der Waals surface area contributed by atoms with Crippen molar-refractivity contribution < 1.29 is 17.2 Å². The summed E-state index contributed by atoms with van der Waals surface area (Å²) in [6, 6.07) is 0. The Kier molecular flexibility index (Phi) is 1.98. The molecule has 15 heavy (non-hydrogen) atoms. The summed E-state index contributed by atoms with van der Waals surface area (Å²) in [6.07, 6.45) is 6.15. The monoisotopic (exact) mass is 232 g/mol. The van der Waals surface area contributed by atoms with Crippen molar-refractivity contribution in [3.63, 3.8) is 0 Å². The van der Waals surface area contributed by atoms with Crippen molar-refractivity contribution in [2.45, 2.75) is 44.1 Å². The van der Waals surface area contributed by atoms with Gasteiger partial charge in [0.15, 0.2) is 0 Å². The standard InChI is InChI=1S/C10H16O4S/c11-15(12,13)14-10-4-7-1-8(5-10)3-9(2-7)6-10/h7-9H,1-6H2,(H,11,12,13). The van der Waals surface area contributed by atoms with Crippen LogP contribution in [0.3, 0.4) is 0 Å². The third-order valence-electron chi connectivity index (χ3n) is 4.26. The van der Waals surface area contributed by atoms with E-state index in [0.29, 0.717) is 17.8 Å². The molecule has 4 saturated carbocycles. The van der Waals surface area contributed by atoms with Gasteiger partial charge in [0.05, 0.1) is 5.60 Å². The van der Waals surface area contributed by atoms with Gasteiger partial charge in [-0.1, -0.05) is 0 Å². The van der Waals surface area contributed by atoms with Gasteiger partial charge in [-0.2, -0.15) is 8.42 Å². The summed E-state index contributed by atoms with van der Waals surface area (Å²) >= 11 is 0. The topological polar surface area (TPSA) is 63.6 Å². The zero-order valence-corrected chi connectivity index (χ0v) is 9.37. The lowest BCUT2D eigenvalue weighted by atomic mass is 9.54. The van der Waals surface area contributed by atoms with E-state index in [4.69, 9.17) is 8.74 Å². The van der Waals surface area contributed by atoms with Crippen LogP contribution in [0.5, 0.6) is 0 Å². The van der Waals surface area contributed by atoms with Crippen molar-refractivity contribution in [1.29, 1.82) is 0 Å². The average molecular weight is 232 g/mol. The zero-order chi connectivity index (χ0) is 10.7. The molecule has 0 heterocycles.